The summed E-state index contributed by atoms with van der Waals surface area (Å²) in [4.78, 5) is 0. The molecule has 0 saturated heterocycles. The van der Waals surface area contributed by atoms with E-state index in [1.165, 1.54) is 0 Å². The Hall–Kier alpha value is -3.05. The van der Waals surface area contributed by atoms with Crippen LogP contribution in [0.1, 0.15) is 19.4 Å². The van der Waals surface area contributed by atoms with Crippen LogP contribution in [0.5, 0.6) is 28.7 Å². The van der Waals surface area contributed by atoms with Gasteiger partial charge < -0.3 is 25.2 Å². The van der Waals surface area contributed by atoms with Gasteiger partial charge in [0.15, 0.2) is 34.8 Å². The lowest BCUT2D eigenvalue weighted by molar-refractivity contribution is -0.275. The highest BCUT2D eigenvalue weighted by atomic mass is 19.4. The van der Waals surface area contributed by atoms with Gasteiger partial charge in [0.05, 0.1) is 11.1 Å². The fourth-order valence-electron chi connectivity index (χ4n) is 2.09. The van der Waals surface area contributed by atoms with Crippen molar-refractivity contribution in [3.05, 3.63) is 28.8 Å². The Morgan fingerprint density at radius 1 is 0.643 bits per heavy atom. The van der Waals surface area contributed by atoms with Crippen molar-refractivity contribution in [1.82, 2.24) is 0 Å². The minimum atomic E-state index is -5.56. The van der Waals surface area contributed by atoms with Crippen molar-refractivity contribution >= 4 is 0 Å². The number of phenols is 4. The number of aromatic hydroxyl groups is 4. The first-order valence-corrected chi connectivity index (χ1v) is 7.38. The van der Waals surface area contributed by atoms with Crippen molar-refractivity contribution in [2.45, 2.75) is 27.1 Å². The molecule has 12 heteroatoms. The van der Waals surface area contributed by atoms with E-state index in [2.05, 4.69) is 4.74 Å². The van der Waals surface area contributed by atoms with E-state index in [4.69, 9.17) is 0 Å². The Kier molecular flexibility index (Phi) is 6.49. The van der Waals surface area contributed by atoms with Crippen molar-refractivity contribution in [2.75, 3.05) is 0 Å². The van der Waals surface area contributed by atoms with Gasteiger partial charge in [-0.2, -0.15) is 0 Å². The molecular formula is C16H13F7O5. The lowest BCUT2D eigenvalue weighted by Crippen LogP contribution is -2.17. The highest BCUT2D eigenvalue weighted by Gasteiger charge is 2.38. The molecule has 0 unspecified atom stereocenters. The summed E-state index contributed by atoms with van der Waals surface area (Å²) in [7, 11) is 0. The van der Waals surface area contributed by atoms with E-state index in [1.807, 2.05) is 13.8 Å². The molecule has 4 N–H and O–H groups in total. The molecule has 0 spiro atoms. The third-order valence-corrected chi connectivity index (χ3v) is 3.30. The van der Waals surface area contributed by atoms with Crippen LogP contribution in [0.15, 0.2) is 0 Å². The molecule has 156 valence electrons. The lowest BCUT2D eigenvalue weighted by atomic mass is 9.98. The fourth-order valence-corrected chi connectivity index (χ4v) is 2.09. The largest absolute Gasteiger partial charge is 0.573 e. The normalized spacial score (nSPS) is 11.1. The average Bonchev–Trinajstić information content (AvgIpc) is 2.64. The van der Waals surface area contributed by atoms with E-state index in [0.29, 0.717) is 6.92 Å². The first-order chi connectivity index (χ1) is 12.8. The maximum absolute atomic E-state index is 14.0. The summed E-state index contributed by atoms with van der Waals surface area (Å²) >= 11 is 0. The zero-order chi connectivity index (χ0) is 22.1. The molecule has 5 nitrogen and oxygen atoms in total. The van der Waals surface area contributed by atoms with Crippen LogP contribution in [-0.2, 0) is 0 Å². The van der Waals surface area contributed by atoms with Crippen LogP contribution in [0.2, 0.25) is 0 Å². The van der Waals surface area contributed by atoms with Gasteiger partial charge in [0.1, 0.15) is 0 Å². The van der Waals surface area contributed by atoms with Crippen LogP contribution in [0, 0.1) is 30.2 Å². The smallest absolute Gasteiger partial charge is 0.504 e. The predicted molar refractivity (Wildman–Crippen MR) is 81.1 cm³/mol. The van der Waals surface area contributed by atoms with Crippen LogP contribution in [0.4, 0.5) is 30.7 Å². The van der Waals surface area contributed by atoms with Gasteiger partial charge in [-0.3, -0.25) is 0 Å². The van der Waals surface area contributed by atoms with Crippen LogP contribution >= 0.6 is 0 Å². The molecule has 0 aliphatic heterocycles. The molecule has 0 fully saturated rings. The van der Waals surface area contributed by atoms with Crippen molar-refractivity contribution in [3.8, 4) is 39.9 Å². The highest BCUT2D eigenvalue weighted by molar-refractivity contribution is 5.86. The van der Waals surface area contributed by atoms with Gasteiger partial charge in [-0.15, -0.1) is 13.2 Å². The number of halogens is 7. The standard InChI is InChI=1S/C14H7F7O5.C2H6/c1-2-5(15)7(17)3(8(18)6(2)16)4-9(22)11(24)12(25)13(10(4)23)26-14(19,20)21;1-2/h22-25H,1H3;1-2H3. The SMILES string of the molecule is CC.Cc1c(F)c(F)c(-c2c(O)c(O)c(O)c(OC(F)(F)F)c2O)c(F)c1F. The first-order valence-electron chi connectivity index (χ1n) is 7.38. The summed E-state index contributed by atoms with van der Waals surface area (Å²) in [5.41, 5.74) is -4.63. The summed E-state index contributed by atoms with van der Waals surface area (Å²) in [5, 5.41) is 38.2. The molecule has 28 heavy (non-hydrogen) atoms. The number of hydrogen-bond acceptors (Lipinski definition) is 5. The summed E-state index contributed by atoms with van der Waals surface area (Å²) in [6.07, 6.45) is -5.56. The van der Waals surface area contributed by atoms with Gasteiger partial charge in [0.25, 0.3) is 0 Å². The van der Waals surface area contributed by atoms with Crippen LogP contribution < -0.4 is 4.74 Å². The fraction of sp³-hybridized carbons (Fsp3) is 0.250. The third-order valence-electron chi connectivity index (χ3n) is 3.30. The Morgan fingerprint density at radius 3 is 1.46 bits per heavy atom. The first kappa shape index (κ1) is 23.0. The second-order valence-electron chi connectivity index (χ2n) is 4.90. The van der Waals surface area contributed by atoms with Gasteiger partial charge in [-0.1, -0.05) is 13.8 Å². The van der Waals surface area contributed by atoms with Crippen molar-refractivity contribution < 1.29 is 55.9 Å². The summed E-state index contributed by atoms with van der Waals surface area (Å²) in [5.74, 6) is -17.6. The Balaban J connectivity index is 0.00000190. The zero-order valence-corrected chi connectivity index (χ0v) is 14.3. The molecule has 2 aromatic carbocycles. The van der Waals surface area contributed by atoms with Crippen LogP contribution in [0.3, 0.4) is 0 Å². The van der Waals surface area contributed by atoms with Gasteiger partial charge in [0, 0.05) is 5.56 Å². The van der Waals surface area contributed by atoms with E-state index >= 15 is 0 Å². The molecule has 0 aliphatic carbocycles. The number of ether oxygens (including phenoxy) is 1. The number of hydrogen-bond donors (Lipinski definition) is 4. The molecule has 0 aliphatic rings. The number of phenolic OH excluding ortho intramolecular Hbond substituents is 4. The maximum Gasteiger partial charge on any atom is 0.573 e. The minimum absolute atomic E-state index is 0.646. The second-order valence-corrected chi connectivity index (χ2v) is 4.90. The van der Waals surface area contributed by atoms with Crippen LogP contribution in [-0.4, -0.2) is 26.8 Å². The Labute approximate surface area is 152 Å². The molecule has 0 aromatic heterocycles. The molecule has 0 heterocycles. The molecule has 2 rings (SSSR count). The average molecular weight is 418 g/mol. The van der Waals surface area contributed by atoms with E-state index in [-0.39, 0.29) is 0 Å². The maximum atomic E-state index is 14.0. The number of rotatable bonds is 2. The molecule has 2 aromatic rings. The molecule has 0 saturated carbocycles. The Morgan fingerprint density at radius 2 is 1.07 bits per heavy atom. The predicted octanol–water partition coefficient (Wildman–Crippen LogP) is 4.97. The Bertz CT molecular complexity index is 881. The second kappa shape index (κ2) is 7.90. The zero-order valence-electron chi connectivity index (χ0n) is 14.3. The molecule has 0 bridgehead atoms. The topological polar surface area (TPSA) is 90.2 Å². The van der Waals surface area contributed by atoms with Gasteiger partial charge >= 0.3 is 6.36 Å². The van der Waals surface area contributed by atoms with E-state index in [0.717, 1.165) is 0 Å². The van der Waals surface area contributed by atoms with E-state index in [1.54, 1.807) is 0 Å². The monoisotopic (exact) mass is 418 g/mol. The third kappa shape index (κ3) is 3.80. The van der Waals surface area contributed by atoms with E-state index in [9.17, 15) is 51.2 Å². The molecule has 0 radical (unpaired) electrons. The summed E-state index contributed by atoms with van der Waals surface area (Å²) < 4.78 is 95.7. The quantitative estimate of drug-likeness (QED) is 0.240. The van der Waals surface area contributed by atoms with Gasteiger partial charge in [0.2, 0.25) is 17.2 Å². The van der Waals surface area contributed by atoms with Gasteiger partial charge in [-0.25, -0.2) is 17.6 Å². The molecule has 0 amide bonds. The van der Waals surface area contributed by atoms with Crippen LogP contribution in [0.25, 0.3) is 11.1 Å². The minimum Gasteiger partial charge on any atom is -0.504 e. The lowest BCUT2D eigenvalue weighted by Gasteiger charge is -2.18. The van der Waals surface area contributed by atoms with Crippen molar-refractivity contribution in [1.29, 1.82) is 0 Å². The summed E-state index contributed by atoms with van der Waals surface area (Å²) in [6.45, 7) is 4.65. The van der Waals surface area contributed by atoms with Gasteiger partial charge in [-0.05, 0) is 6.92 Å². The molecular weight excluding hydrogens is 405 g/mol. The number of benzene rings is 2. The van der Waals surface area contributed by atoms with E-state index < -0.39 is 75.1 Å². The highest BCUT2D eigenvalue weighted by Crippen LogP contribution is 2.57. The molecule has 0 atom stereocenters. The van der Waals surface area contributed by atoms with Crippen molar-refractivity contribution in [2.24, 2.45) is 0 Å². The number of alkyl halides is 3. The summed E-state index contributed by atoms with van der Waals surface area (Å²) in [6, 6.07) is 0. The van der Waals surface area contributed by atoms with Crippen molar-refractivity contribution in [3.63, 3.8) is 0 Å².